The Balaban J connectivity index is 1.83. The van der Waals surface area contributed by atoms with Crippen molar-refractivity contribution in [3.8, 4) is 0 Å². The summed E-state index contributed by atoms with van der Waals surface area (Å²) in [6.45, 7) is 2.52. The predicted molar refractivity (Wildman–Crippen MR) is 75.5 cm³/mol. The molecule has 18 heavy (non-hydrogen) atoms. The largest absolute Gasteiger partial charge is 0.313 e. The van der Waals surface area contributed by atoms with Crippen molar-refractivity contribution in [3.05, 3.63) is 0 Å². The molecule has 106 valence electrons. The van der Waals surface area contributed by atoms with Gasteiger partial charge in [-0.15, -0.1) is 0 Å². The molecule has 0 radical (unpaired) electrons. The summed E-state index contributed by atoms with van der Waals surface area (Å²) in [5.74, 6) is 0. The second-order valence-corrected chi connectivity index (χ2v) is 8.70. The number of hydrogen-bond acceptors (Lipinski definition) is 3. The fourth-order valence-corrected chi connectivity index (χ4v) is 5.28. The van der Waals surface area contributed by atoms with Crippen molar-refractivity contribution >= 4 is 9.84 Å². The fourth-order valence-electron chi connectivity index (χ4n) is 3.30. The van der Waals surface area contributed by atoms with Gasteiger partial charge in [0.2, 0.25) is 0 Å². The highest BCUT2D eigenvalue weighted by Crippen LogP contribution is 2.26. The lowest BCUT2D eigenvalue weighted by atomic mass is 10.0. The standard InChI is InChI=1S/C14H27NO2S/c1-12(11-15-13-7-5-6-8-13)18(16,17)14-9-3-2-4-10-14/h12-15H,2-11H2,1H3. The Hall–Kier alpha value is -0.0900. The smallest absolute Gasteiger partial charge is 0.156 e. The minimum atomic E-state index is -2.92. The Bertz CT molecular complexity index is 341. The van der Waals surface area contributed by atoms with Crippen molar-refractivity contribution in [2.24, 2.45) is 0 Å². The molecule has 1 N–H and O–H groups in total. The van der Waals surface area contributed by atoms with E-state index in [0.29, 0.717) is 12.6 Å². The van der Waals surface area contributed by atoms with E-state index in [2.05, 4.69) is 5.32 Å². The summed E-state index contributed by atoms with van der Waals surface area (Å²) in [6, 6.07) is 0.564. The molecule has 0 amide bonds. The summed E-state index contributed by atoms with van der Waals surface area (Å²) in [7, 11) is -2.92. The van der Waals surface area contributed by atoms with Gasteiger partial charge in [0.05, 0.1) is 10.5 Å². The Morgan fingerprint density at radius 1 is 1.00 bits per heavy atom. The lowest BCUT2D eigenvalue weighted by Gasteiger charge is -2.26. The molecule has 0 aliphatic heterocycles. The normalized spacial score (nSPS) is 25.4. The van der Waals surface area contributed by atoms with Crippen LogP contribution in [0.5, 0.6) is 0 Å². The van der Waals surface area contributed by atoms with Crippen LogP contribution < -0.4 is 5.32 Å². The molecule has 2 aliphatic carbocycles. The van der Waals surface area contributed by atoms with E-state index in [-0.39, 0.29) is 10.5 Å². The van der Waals surface area contributed by atoms with E-state index < -0.39 is 9.84 Å². The summed E-state index contributed by atoms with van der Waals surface area (Å²) < 4.78 is 24.9. The molecule has 0 bridgehead atoms. The molecule has 1 unspecified atom stereocenters. The molecule has 2 fully saturated rings. The second-order valence-electron chi connectivity index (χ2n) is 6.05. The first-order chi connectivity index (χ1) is 8.60. The Kier molecular flexibility index (Phi) is 5.07. The molecule has 0 heterocycles. The van der Waals surface area contributed by atoms with Gasteiger partial charge < -0.3 is 5.32 Å². The lowest BCUT2D eigenvalue weighted by molar-refractivity contribution is 0.469. The average molecular weight is 273 g/mol. The highest BCUT2D eigenvalue weighted by Gasteiger charge is 2.32. The lowest BCUT2D eigenvalue weighted by Crippen LogP contribution is -2.40. The molecule has 0 saturated heterocycles. The SMILES string of the molecule is CC(CNC1CCCC1)S(=O)(=O)C1CCCCC1. The van der Waals surface area contributed by atoms with E-state index in [4.69, 9.17) is 0 Å². The Morgan fingerprint density at radius 3 is 2.17 bits per heavy atom. The second kappa shape index (κ2) is 6.38. The number of sulfone groups is 1. The summed E-state index contributed by atoms with van der Waals surface area (Å²) in [5, 5.41) is 3.16. The summed E-state index contributed by atoms with van der Waals surface area (Å²) in [5.41, 5.74) is 0. The van der Waals surface area contributed by atoms with Gasteiger partial charge in [0, 0.05) is 12.6 Å². The summed E-state index contributed by atoms with van der Waals surface area (Å²) in [4.78, 5) is 0. The van der Waals surface area contributed by atoms with E-state index in [0.717, 1.165) is 25.7 Å². The van der Waals surface area contributed by atoms with E-state index in [1.165, 1.54) is 32.1 Å². The topological polar surface area (TPSA) is 46.2 Å². The summed E-state index contributed by atoms with van der Waals surface area (Å²) in [6.07, 6.45) is 10.2. The Morgan fingerprint density at radius 2 is 1.56 bits per heavy atom. The quantitative estimate of drug-likeness (QED) is 0.837. The first-order valence-electron chi connectivity index (χ1n) is 7.57. The molecule has 0 aromatic carbocycles. The first kappa shape index (κ1) is 14.3. The minimum absolute atomic E-state index is 0.0633. The van der Waals surface area contributed by atoms with Crippen LogP contribution in [0.1, 0.15) is 64.7 Å². The van der Waals surface area contributed by atoms with Crippen molar-refractivity contribution in [2.45, 2.75) is 81.3 Å². The summed E-state index contributed by atoms with van der Waals surface area (Å²) >= 11 is 0. The zero-order valence-corrected chi connectivity index (χ0v) is 12.3. The maximum absolute atomic E-state index is 12.5. The van der Waals surface area contributed by atoms with Crippen LogP contribution in [0, 0.1) is 0 Å². The van der Waals surface area contributed by atoms with Gasteiger partial charge in [-0.1, -0.05) is 32.1 Å². The third-order valence-electron chi connectivity index (χ3n) is 4.63. The highest BCUT2D eigenvalue weighted by atomic mass is 32.2. The van der Waals surface area contributed by atoms with Gasteiger partial charge in [0.15, 0.2) is 9.84 Å². The van der Waals surface area contributed by atoms with Crippen LogP contribution in [-0.2, 0) is 9.84 Å². The molecule has 4 heteroatoms. The molecule has 3 nitrogen and oxygen atoms in total. The molecule has 2 saturated carbocycles. The van der Waals surface area contributed by atoms with Gasteiger partial charge in [-0.3, -0.25) is 0 Å². The first-order valence-corrected chi connectivity index (χ1v) is 9.18. The Labute approximate surface area is 112 Å². The van der Waals surface area contributed by atoms with Crippen molar-refractivity contribution < 1.29 is 8.42 Å². The van der Waals surface area contributed by atoms with Crippen LogP contribution in [0.3, 0.4) is 0 Å². The van der Waals surface area contributed by atoms with Gasteiger partial charge in [-0.05, 0) is 32.6 Å². The molecule has 2 rings (SSSR count). The minimum Gasteiger partial charge on any atom is -0.313 e. The third kappa shape index (κ3) is 3.47. The predicted octanol–water partition coefficient (Wildman–Crippen LogP) is 2.65. The fraction of sp³-hybridized carbons (Fsp3) is 1.00. The van der Waals surface area contributed by atoms with Crippen LogP contribution in [-0.4, -0.2) is 31.5 Å². The van der Waals surface area contributed by atoms with Crippen molar-refractivity contribution in [3.63, 3.8) is 0 Å². The zero-order chi connectivity index (χ0) is 13.0. The molecule has 0 aromatic rings. The number of nitrogens with one attached hydrogen (secondary N) is 1. The van der Waals surface area contributed by atoms with E-state index in [1.807, 2.05) is 6.92 Å². The molecular weight excluding hydrogens is 246 g/mol. The maximum Gasteiger partial charge on any atom is 0.156 e. The van der Waals surface area contributed by atoms with Gasteiger partial charge in [0.25, 0.3) is 0 Å². The van der Waals surface area contributed by atoms with E-state index in [9.17, 15) is 8.42 Å². The van der Waals surface area contributed by atoms with Crippen LogP contribution in [0.25, 0.3) is 0 Å². The van der Waals surface area contributed by atoms with Gasteiger partial charge >= 0.3 is 0 Å². The molecule has 1 atom stereocenters. The van der Waals surface area contributed by atoms with Gasteiger partial charge in [-0.2, -0.15) is 0 Å². The molecule has 0 aromatic heterocycles. The van der Waals surface area contributed by atoms with Crippen molar-refractivity contribution in [1.82, 2.24) is 5.32 Å². The van der Waals surface area contributed by atoms with Crippen molar-refractivity contribution in [1.29, 1.82) is 0 Å². The third-order valence-corrected chi connectivity index (χ3v) is 7.32. The van der Waals surface area contributed by atoms with Crippen LogP contribution in [0.4, 0.5) is 0 Å². The molecule has 0 spiro atoms. The maximum atomic E-state index is 12.5. The van der Waals surface area contributed by atoms with E-state index >= 15 is 0 Å². The number of hydrogen-bond donors (Lipinski definition) is 1. The van der Waals surface area contributed by atoms with Gasteiger partial charge in [-0.25, -0.2) is 8.42 Å². The van der Waals surface area contributed by atoms with Gasteiger partial charge in [0.1, 0.15) is 0 Å². The highest BCUT2D eigenvalue weighted by molar-refractivity contribution is 7.92. The molecular formula is C14H27NO2S. The zero-order valence-electron chi connectivity index (χ0n) is 11.5. The van der Waals surface area contributed by atoms with Crippen LogP contribution in [0.2, 0.25) is 0 Å². The van der Waals surface area contributed by atoms with Crippen LogP contribution >= 0.6 is 0 Å². The van der Waals surface area contributed by atoms with Crippen molar-refractivity contribution in [2.75, 3.05) is 6.54 Å². The van der Waals surface area contributed by atoms with E-state index in [1.54, 1.807) is 0 Å². The van der Waals surface area contributed by atoms with Crippen LogP contribution in [0.15, 0.2) is 0 Å². The number of rotatable bonds is 5. The monoisotopic (exact) mass is 273 g/mol. The average Bonchev–Trinajstić information content (AvgIpc) is 2.90. The molecule has 2 aliphatic rings.